The van der Waals surface area contributed by atoms with Crippen molar-refractivity contribution in [3.8, 4) is 0 Å². The number of carbonyl (C=O) groups excluding carboxylic acids is 1. The number of hydrogen-bond acceptors (Lipinski definition) is 3. The molecule has 0 unspecified atom stereocenters. The van der Waals surface area contributed by atoms with E-state index in [1.165, 1.54) is 0 Å². The lowest BCUT2D eigenvalue weighted by atomic mass is 9.94. The number of carbonyl (C=O) groups is 1. The van der Waals surface area contributed by atoms with Crippen LogP contribution in [0.3, 0.4) is 0 Å². The van der Waals surface area contributed by atoms with Crippen LogP contribution in [-0.4, -0.2) is 23.0 Å². The van der Waals surface area contributed by atoms with Gasteiger partial charge >= 0.3 is 0 Å². The molecule has 0 bridgehead atoms. The van der Waals surface area contributed by atoms with Gasteiger partial charge in [0.05, 0.1) is 0 Å². The van der Waals surface area contributed by atoms with Crippen molar-refractivity contribution in [3.05, 3.63) is 28.5 Å². The standard InChI is InChI=1S/C12H18BrN3O/c1-3-12(14,4-2)8-16-11(17)10-6-5-9(13)7-15-10/h5-7H,3-4,8,14H2,1-2H3,(H,16,17). The SMILES string of the molecule is CCC(N)(CC)CNC(=O)c1ccc(Br)cn1. The fraction of sp³-hybridized carbons (Fsp3) is 0.500. The zero-order valence-corrected chi connectivity index (χ0v) is 11.8. The predicted molar refractivity (Wildman–Crippen MR) is 71.8 cm³/mol. The first-order chi connectivity index (χ1) is 8.00. The van der Waals surface area contributed by atoms with E-state index in [0.717, 1.165) is 17.3 Å². The highest BCUT2D eigenvalue weighted by atomic mass is 79.9. The number of rotatable bonds is 5. The third kappa shape index (κ3) is 4.09. The Labute approximate surface area is 110 Å². The van der Waals surface area contributed by atoms with Gasteiger partial charge in [-0.05, 0) is 40.9 Å². The Balaban J connectivity index is 2.58. The second-order valence-electron chi connectivity index (χ2n) is 4.11. The van der Waals surface area contributed by atoms with Gasteiger partial charge in [0.2, 0.25) is 0 Å². The molecule has 1 aromatic heterocycles. The van der Waals surface area contributed by atoms with Crippen molar-refractivity contribution in [1.82, 2.24) is 10.3 Å². The second-order valence-corrected chi connectivity index (χ2v) is 5.03. The van der Waals surface area contributed by atoms with Crippen LogP contribution >= 0.6 is 15.9 Å². The summed E-state index contributed by atoms with van der Waals surface area (Å²) >= 11 is 3.27. The molecule has 5 heteroatoms. The molecule has 3 N–H and O–H groups in total. The summed E-state index contributed by atoms with van der Waals surface area (Å²) in [5.41, 5.74) is 6.18. The first-order valence-corrected chi connectivity index (χ1v) is 6.48. The molecule has 0 aliphatic heterocycles. The molecule has 0 atom stereocenters. The average molecular weight is 300 g/mol. The van der Waals surface area contributed by atoms with Gasteiger partial charge in [0, 0.05) is 22.8 Å². The quantitative estimate of drug-likeness (QED) is 0.875. The lowest BCUT2D eigenvalue weighted by molar-refractivity contribution is 0.0937. The van der Waals surface area contributed by atoms with Crippen molar-refractivity contribution >= 4 is 21.8 Å². The van der Waals surface area contributed by atoms with E-state index >= 15 is 0 Å². The Bertz CT molecular complexity index is 374. The van der Waals surface area contributed by atoms with Gasteiger partial charge in [-0.1, -0.05) is 13.8 Å². The Kier molecular flexibility index (Phi) is 5.08. The Morgan fingerprint density at radius 2 is 2.12 bits per heavy atom. The molecule has 1 aromatic rings. The summed E-state index contributed by atoms with van der Waals surface area (Å²) in [4.78, 5) is 15.8. The molecular weight excluding hydrogens is 282 g/mol. The van der Waals surface area contributed by atoms with E-state index in [1.807, 2.05) is 13.8 Å². The summed E-state index contributed by atoms with van der Waals surface area (Å²) in [6.45, 7) is 4.51. The van der Waals surface area contributed by atoms with Crippen LogP contribution in [0, 0.1) is 0 Å². The Morgan fingerprint density at radius 3 is 2.59 bits per heavy atom. The Morgan fingerprint density at radius 1 is 1.47 bits per heavy atom. The maximum absolute atomic E-state index is 11.8. The largest absolute Gasteiger partial charge is 0.349 e. The summed E-state index contributed by atoms with van der Waals surface area (Å²) in [6, 6.07) is 3.47. The van der Waals surface area contributed by atoms with Gasteiger partial charge in [-0.2, -0.15) is 0 Å². The number of nitrogens with two attached hydrogens (primary N) is 1. The lowest BCUT2D eigenvalue weighted by Gasteiger charge is -2.26. The van der Waals surface area contributed by atoms with Crippen LogP contribution in [0.1, 0.15) is 37.2 Å². The minimum absolute atomic E-state index is 0.186. The monoisotopic (exact) mass is 299 g/mol. The van der Waals surface area contributed by atoms with Gasteiger partial charge in [0.1, 0.15) is 5.69 Å². The third-order valence-corrected chi connectivity index (χ3v) is 3.44. The maximum atomic E-state index is 11.8. The van der Waals surface area contributed by atoms with Gasteiger partial charge in [0.15, 0.2) is 0 Å². The number of nitrogens with zero attached hydrogens (tertiary/aromatic N) is 1. The maximum Gasteiger partial charge on any atom is 0.269 e. The molecule has 4 nitrogen and oxygen atoms in total. The van der Waals surface area contributed by atoms with Gasteiger partial charge in [-0.15, -0.1) is 0 Å². The Hall–Kier alpha value is -0.940. The first-order valence-electron chi connectivity index (χ1n) is 5.69. The van der Waals surface area contributed by atoms with E-state index in [0.29, 0.717) is 12.2 Å². The average Bonchev–Trinajstić information content (AvgIpc) is 2.36. The third-order valence-electron chi connectivity index (χ3n) is 2.97. The summed E-state index contributed by atoms with van der Waals surface area (Å²) < 4.78 is 0.851. The van der Waals surface area contributed by atoms with Crippen molar-refractivity contribution in [1.29, 1.82) is 0 Å². The fourth-order valence-electron chi connectivity index (χ4n) is 1.36. The molecule has 1 rings (SSSR count). The van der Waals surface area contributed by atoms with E-state index in [-0.39, 0.29) is 11.4 Å². The zero-order valence-electron chi connectivity index (χ0n) is 10.2. The smallest absolute Gasteiger partial charge is 0.269 e. The van der Waals surface area contributed by atoms with Crippen LogP contribution in [0.25, 0.3) is 0 Å². The molecule has 0 saturated heterocycles. The highest BCUT2D eigenvalue weighted by Gasteiger charge is 2.21. The number of pyridine rings is 1. The molecule has 0 spiro atoms. The molecular formula is C12H18BrN3O. The summed E-state index contributed by atoms with van der Waals surface area (Å²) in [6.07, 6.45) is 3.26. The first kappa shape index (κ1) is 14.1. The van der Waals surface area contributed by atoms with Gasteiger partial charge < -0.3 is 11.1 Å². The van der Waals surface area contributed by atoms with E-state index in [2.05, 4.69) is 26.2 Å². The van der Waals surface area contributed by atoms with Gasteiger partial charge in [-0.3, -0.25) is 4.79 Å². The van der Waals surface area contributed by atoms with Crippen LogP contribution < -0.4 is 11.1 Å². The number of hydrogen-bond donors (Lipinski definition) is 2. The van der Waals surface area contributed by atoms with E-state index in [4.69, 9.17) is 5.73 Å². The van der Waals surface area contributed by atoms with Crippen molar-refractivity contribution in [2.75, 3.05) is 6.54 Å². The van der Waals surface area contributed by atoms with E-state index in [1.54, 1.807) is 18.3 Å². The van der Waals surface area contributed by atoms with Crippen molar-refractivity contribution in [3.63, 3.8) is 0 Å². The van der Waals surface area contributed by atoms with Crippen LogP contribution in [-0.2, 0) is 0 Å². The molecule has 0 aliphatic carbocycles. The minimum Gasteiger partial charge on any atom is -0.349 e. The van der Waals surface area contributed by atoms with Crippen LogP contribution in [0.15, 0.2) is 22.8 Å². The highest BCUT2D eigenvalue weighted by Crippen LogP contribution is 2.10. The summed E-state index contributed by atoms with van der Waals surface area (Å²) in [5.74, 6) is -0.186. The molecule has 0 fully saturated rings. The molecule has 94 valence electrons. The van der Waals surface area contributed by atoms with Crippen LogP contribution in [0.4, 0.5) is 0 Å². The minimum atomic E-state index is -0.328. The zero-order chi connectivity index (χ0) is 12.9. The molecule has 1 amide bonds. The van der Waals surface area contributed by atoms with E-state index < -0.39 is 0 Å². The molecule has 1 heterocycles. The molecule has 0 saturated carbocycles. The lowest BCUT2D eigenvalue weighted by Crippen LogP contribution is -2.49. The van der Waals surface area contributed by atoms with Crippen LogP contribution in [0.5, 0.6) is 0 Å². The van der Waals surface area contributed by atoms with E-state index in [9.17, 15) is 4.79 Å². The van der Waals surface area contributed by atoms with Crippen LogP contribution in [0.2, 0.25) is 0 Å². The molecule has 0 aromatic carbocycles. The number of nitrogens with one attached hydrogen (secondary N) is 1. The number of halogens is 1. The predicted octanol–water partition coefficient (Wildman–Crippen LogP) is 2.09. The molecule has 17 heavy (non-hydrogen) atoms. The van der Waals surface area contributed by atoms with Crippen molar-refractivity contribution in [2.24, 2.45) is 5.73 Å². The normalized spacial score (nSPS) is 11.3. The molecule has 0 aliphatic rings. The highest BCUT2D eigenvalue weighted by molar-refractivity contribution is 9.10. The van der Waals surface area contributed by atoms with Crippen molar-refractivity contribution in [2.45, 2.75) is 32.2 Å². The van der Waals surface area contributed by atoms with Crippen molar-refractivity contribution < 1.29 is 4.79 Å². The topological polar surface area (TPSA) is 68.0 Å². The number of aromatic nitrogens is 1. The van der Waals surface area contributed by atoms with Gasteiger partial charge in [-0.25, -0.2) is 4.98 Å². The fourth-order valence-corrected chi connectivity index (χ4v) is 1.59. The summed E-state index contributed by atoms with van der Waals surface area (Å²) in [5, 5.41) is 2.82. The number of amides is 1. The summed E-state index contributed by atoms with van der Waals surface area (Å²) in [7, 11) is 0. The van der Waals surface area contributed by atoms with Gasteiger partial charge in [0.25, 0.3) is 5.91 Å². The molecule has 0 radical (unpaired) electrons. The second kappa shape index (κ2) is 6.12.